The molecule has 2 aromatic carbocycles. The molecule has 1 N–H and O–H groups in total. The van der Waals surface area contributed by atoms with Gasteiger partial charge in [0.05, 0.1) is 19.1 Å². The van der Waals surface area contributed by atoms with Gasteiger partial charge in [0, 0.05) is 26.1 Å². The summed E-state index contributed by atoms with van der Waals surface area (Å²) in [7, 11) is -2.17. The molecule has 0 heterocycles. The number of nitrogens with one attached hydrogen (secondary N) is 1. The Labute approximate surface area is 213 Å². The number of methoxy groups -OCH3 is 1. The van der Waals surface area contributed by atoms with Crippen LogP contribution < -0.4 is 14.4 Å². The van der Waals surface area contributed by atoms with E-state index in [4.69, 9.17) is 4.74 Å². The third kappa shape index (κ3) is 8.51. The zero-order valence-electron chi connectivity index (χ0n) is 21.4. The highest BCUT2D eigenvalue weighted by Crippen LogP contribution is 2.29. The monoisotopic (exact) mass is 521 g/mol. The van der Waals surface area contributed by atoms with Crippen LogP contribution in [0.1, 0.15) is 45.1 Å². The summed E-state index contributed by atoms with van der Waals surface area (Å²) < 4.78 is 44.9. The third-order valence-corrected chi connectivity index (χ3v) is 6.95. The first-order valence-electron chi connectivity index (χ1n) is 12.0. The van der Waals surface area contributed by atoms with Crippen molar-refractivity contribution in [1.82, 2.24) is 10.2 Å². The topological polar surface area (TPSA) is 96.0 Å². The van der Waals surface area contributed by atoms with Crippen LogP contribution in [0, 0.1) is 5.82 Å². The summed E-state index contributed by atoms with van der Waals surface area (Å²) in [6.45, 7) is 4.38. The van der Waals surface area contributed by atoms with Crippen LogP contribution in [0.2, 0.25) is 0 Å². The van der Waals surface area contributed by atoms with E-state index in [0.29, 0.717) is 23.5 Å². The van der Waals surface area contributed by atoms with E-state index in [-0.39, 0.29) is 43.6 Å². The molecule has 0 spiro atoms. The number of hydrogen-bond donors (Lipinski definition) is 1. The molecule has 0 bridgehead atoms. The van der Waals surface area contributed by atoms with Crippen LogP contribution in [0.3, 0.4) is 0 Å². The molecule has 0 aliphatic heterocycles. The number of halogens is 1. The molecule has 2 aromatic rings. The Bertz CT molecular complexity index is 1110. The highest BCUT2D eigenvalue weighted by molar-refractivity contribution is 7.92. The van der Waals surface area contributed by atoms with E-state index in [2.05, 4.69) is 5.32 Å². The summed E-state index contributed by atoms with van der Waals surface area (Å²) >= 11 is 0. The van der Waals surface area contributed by atoms with E-state index >= 15 is 0 Å². The number of ether oxygens (including phenoxy) is 1. The lowest BCUT2D eigenvalue weighted by atomic mass is 10.1. The molecule has 0 aliphatic carbocycles. The zero-order valence-corrected chi connectivity index (χ0v) is 22.2. The summed E-state index contributed by atoms with van der Waals surface area (Å²) in [5, 5.41) is 2.85. The number of hydrogen-bond acceptors (Lipinski definition) is 5. The first-order chi connectivity index (χ1) is 17.1. The van der Waals surface area contributed by atoms with E-state index in [9.17, 15) is 22.4 Å². The van der Waals surface area contributed by atoms with Gasteiger partial charge in [0.2, 0.25) is 21.8 Å². The number of benzene rings is 2. The maximum atomic E-state index is 13.4. The zero-order chi connectivity index (χ0) is 26.7. The molecule has 0 aliphatic rings. The number of para-hydroxylation sites is 2. The third-order valence-electron chi connectivity index (χ3n) is 5.77. The Morgan fingerprint density at radius 3 is 2.36 bits per heavy atom. The lowest BCUT2D eigenvalue weighted by molar-refractivity contribution is -0.140. The average Bonchev–Trinajstić information content (AvgIpc) is 2.85. The molecule has 0 unspecified atom stereocenters. The molecular weight excluding hydrogens is 485 g/mol. The Hall–Kier alpha value is -3.14. The second-order valence-electron chi connectivity index (χ2n) is 8.58. The maximum absolute atomic E-state index is 13.4. The fourth-order valence-electron chi connectivity index (χ4n) is 3.72. The molecule has 36 heavy (non-hydrogen) atoms. The molecule has 0 aromatic heterocycles. The van der Waals surface area contributed by atoms with Gasteiger partial charge in [-0.2, -0.15) is 0 Å². The van der Waals surface area contributed by atoms with Gasteiger partial charge in [0.1, 0.15) is 17.6 Å². The molecule has 8 nitrogen and oxygen atoms in total. The molecule has 1 atom stereocenters. The van der Waals surface area contributed by atoms with E-state index in [1.807, 2.05) is 6.92 Å². The van der Waals surface area contributed by atoms with Crippen molar-refractivity contribution in [2.75, 3.05) is 30.8 Å². The van der Waals surface area contributed by atoms with Gasteiger partial charge < -0.3 is 15.0 Å². The van der Waals surface area contributed by atoms with E-state index in [1.54, 1.807) is 43.3 Å². The smallest absolute Gasteiger partial charge is 0.242 e. The van der Waals surface area contributed by atoms with Gasteiger partial charge in [0.15, 0.2) is 0 Å². The Kier molecular flexibility index (Phi) is 11.2. The van der Waals surface area contributed by atoms with Crippen molar-refractivity contribution in [3.63, 3.8) is 0 Å². The summed E-state index contributed by atoms with van der Waals surface area (Å²) in [6.07, 6.45) is 3.11. The number of carbonyl (C=O) groups excluding carboxylic acids is 2. The van der Waals surface area contributed by atoms with E-state index in [1.165, 1.54) is 28.4 Å². The SMILES string of the molecule is CCCCNC(=O)[C@@H](C)N(Cc1ccc(F)cc1)C(=O)CCCN(c1ccccc1OC)S(C)(=O)=O. The van der Waals surface area contributed by atoms with Crippen molar-refractivity contribution in [3.8, 4) is 5.75 Å². The molecule has 198 valence electrons. The van der Waals surface area contributed by atoms with Crippen LogP contribution in [-0.4, -0.2) is 57.6 Å². The molecule has 0 saturated heterocycles. The second kappa shape index (κ2) is 13.8. The van der Waals surface area contributed by atoms with Crippen molar-refractivity contribution in [2.24, 2.45) is 0 Å². The number of anilines is 1. The van der Waals surface area contributed by atoms with Crippen LogP contribution in [0.25, 0.3) is 0 Å². The van der Waals surface area contributed by atoms with Crippen LogP contribution in [0.15, 0.2) is 48.5 Å². The van der Waals surface area contributed by atoms with Gasteiger partial charge in [-0.15, -0.1) is 0 Å². The van der Waals surface area contributed by atoms with Gasteiger partial charge in [-0.25, -0.2) is 12.8 Å². The first kappa shape index (κ1) is 29.1. The normalized spacial score (nSPS) is 12.0. The predicted molar refractivity (Wildman–Crippen MR) is 139 cm³/mol. The molecule has 0 radical (unpaired) electrons. The van der Waals surface area contributed by atoms with Crippen molar-refractivity contribution in [3.05, 3.63) is 59.9 Å². The Balaban J connectivity index is 2.16. The lowest BCUT2D eigenvalue weighted by Gasteiger charge is -2.29. The number of amides is 2. The molecule has 10 heteroatoms. The fraction of sp³-hybridized carbons (Fsp3) is 0.462. The van der Waals surface area contributed by atoms with Crippen LogP contribution in [0.5, 0.6) is 5.75 Å². The quantitative estimate of drug-likeness (QED) is 0.383. The van der Waals surface area contributed by atoms with Gasteiger partial charge >= 0.3 is 0 Å². The average molecular weight is 522 g/mol. The Morgan fingerprint density at radius 1 is 1.08 bits per heavy atom. The van der Waals surface area contributed by atoms with Crippen LogP contribution in [-0.2, 0) is 26.2 Å². The number of rotatable bonds is 14. The highest BCUT2D eigenvalue weighted by atomic mass is 32.2. The first-order valence-corrected chi connectivity index (χ1v) is 13.9. The molecule has 0 fully saturated rings. The minimum atomic E-state index is -3.64. The van der Waals surface area contributed by atoms with Gasteiger partial charge in [-0.1, -0.05) is 37.6 Å². The molecule has 0 saturated carbocycles. The van der Waals surface area contributed by atoms with Gasteiger partial charge in [-0.05, 0) is 49.6 Å². The van der Waals surface area contributed by atoms with Crippen molar-refractivity contribution in [1.29, 1.82) is 0 Å². The minimum Gasteiger partial charge on any atom is -0.495 e. The largest absolute Gasteiger partial charge is 0.495 e. The minimum absolute atomic E-state index is 0.0228. The van der Waals surface area contributed by atoms with Crippen LogP contribution in [0.4, 0.5) is 10.1 Å². The number of unbranched alkanes of at least 4 members (excludes halogenated alkanes) is 1. The van der Waals surface area contributed by atoms with Crippen molar-refractivity contribution in [2.45, 2.75) is 52.1 Å². The summed E-state index contributed by atoms with van der Waals surface area (Å²) in [6, 6.07) is 11.8. The second-order valence-corrected chi connectivity index (χ2v) is 10.5. The standard InChI is InChI=1S/C26H36FN3O5S/c1-5-6-17-28-26(32)20(2)29(19-21-13-15-22(27)16-14-21)25(31)12-9-18-30(36(4,33)34)23-10-7-8-11-24(23)35-3/h7-8,10-11,13-16,20H,5-6,9,12,17-19H2,1-4H3,(H,28,32)/t20-/m1/s1. The maximum Gasteiger partial charge on any atom is 0.242 e. The summed E-state index contributed by atoms with van der Waals surface area (Å²) in [5.74, 6) is -0.555. The highest BCUT2D eigenvalue weighted by Gasteiger charge is 2.27. The lowest BCUT2D eigenvalue weighted by Crippen LogP contribution is -2.48. The van der Waals surface area contributed by atoms with Crippen LogP contribution >= 0.6 is 0 Å². The number of sulfonamides is 1. The molecule has 2 amide bonds. The molecule has 2 rings (SSSR count). The fourth-order valence-corrected chi connectivity index (χ4v) is 4.69. The molecular formula is C26H36FN3O5S. The Morgan fingerprint density at radius 2 is 1.75 bits per heavy atom. The summed E-state index contributed by atoms with van der Waals surface area (Å²) in [4.78, 5) is 27.4. The van der Waals surface area contributed by atoms with Gasteiger partial charge in [0.25, 0.3) is 0 Å². The van der Waals surface area contributed by atoms with Crippen molar-refractivity contribution < 1.29 is 27.1 Å². The van der Waals surface area contributed by atoms with Gasteiger partial charge in [-0.3, -0.25) is 13.9 Å². The number of carbonyl (C=O) groups is 2. The van der Waals surface area contributed by atoms with E-state index < -0.39 is 16.1 Å². The predicted octanol–water partition coefficient (Wildman–Crippen LogP) is 3.71. The van der Waals surface area contributed by atoms with Crippen molar-refractivity contribution >= 4 is 27.5 Å². The summed E-state index contributed by atoms with van der Waals surface area (Å²) in [5.41, 5.74) is 1.08. The van der Waals surface area contributed by atoms with E-state index in [0.717, 1.165) is 19.1 Å². The number of nitrogens with zero attached hydrogens (tertiary/aromatic N) is 2.